The van der Waals surface area contributed by atoms with Crippen LogP contribution in [0.2, 0.25) is 0 Å². The fraction of sp³-hybridized carbons (Fsp3) is 0.583. The van der Waals surface area contributed by atoms with Crippen molar-refractivity contribution in [1.29, 1.82) is 0 Å². The molecule has 0 amide bonds. The number of aromatic nitrogens is 1. The van der Waals surface area contributed by atoms with Crippen LogP contribution in [0.25, 0.3) is 0 Å². The Kier molecular flexibility index (Phi) is 5.73. The van der Waals surface area contributed by atoms with E-state index < -0.39 is 22.1 Å². The maximum atomic E-state index is 12.0. The number of nitrogens with zero attached hydrogens (tertiary/aromatic N) is 1. The van der Waals surface area contributed by atoms with Gasteiger partial charge < -0.3 is 14.0 Å². The summed E-state index contributed by atoms with van der Waals surface area (Å²) in [5, 5.41) is 5.05. The molecule has 0 saturated carbocycles. The molecule has 0 aliphatic rings. The lowest BCUT2D eigenvalue weighted by molar-refractivity contribution is 0.00348. The summed E-state index contributed by atoms with van der Waals surface area (Å²) >= 11 is 0. The van der Waals surface area contributed by atoms with Gasteiger partial charge in [-0.1, -0.05) is 0 Å². The monoisotopic (exact) mass is 304 g/mol. The zero-order valence-corrected chi connectivity index (χ0v) is 12.6. The Morgan fingerprint density at radius 1 is 1.45 bits per heavy atom. The van der Waals surface area contributed by atoms with Crippen molar-refractivity contribution in [3.63, 3.8) is 0 Å². The third kappa shape index (κ3) is 4.32. The molecule has 0 aromatic carbocycles. The molecule has 0 radical (unpaired) electrons. The van der Waals surface area contributed by atoms with Crippen LogP contribution in [-0.2, 0) is 26.0 Å². The van der Waals surface area contributed by atoms with Crippen LogP contribution in [0.4, 0.5) is 0 Å². The van der Waals surface area contributed by atoms with E-state index in [0.29, 0.717) is 13.2 Å². The first-order chi connectivity index (χ1) is 9.29. The van der Waals surface area contributed by atoms with E-state index in [1.807, 2.05) is 6.92 Å². The van der Waals surface area contributed by atoms with Crippen molar-refractivity contribution < 1.29 is 22.7 Å². The molecule has 1 unspecified atom stereocenters. The summed E-state index contributed by atoms with van der Waals surface area (Å²) in [6.45, 7) is 6.58. The summed E-state index contributed by atoms with van der Waals surface area (Å²) in [5.41, 5.74) is 0.153. The zero-order chi connectivity index (χ0) is 15.3. The van der Waals surface area contributed by atoms with Crippen LogP contribution in [0.1, 0.15) is 31.3 Å². The third-order valence-electron chi connectivity index (χ3n) is 2.61. The van der Waals surface area contributed by atoms with Gasteiger partial charge in [0, 0.05) is 19.3 Å². The molecule has 0 aliphatic carbocycles. The van der Waals surface area contributed by atoms with Gasteiger partial charge in [0.05, 0.1) is 6.61 Å². The standard InChI is InChI=1S/C12H20N2O5S/c1-4-14-7-10(20(13,16)17)6-11(14)12(15)19-9(3)8-18-5-2/h6-7,9H,4-5,8H2,1-3H3,(H2,13,16,17). The van der Waals surface area contributed by atoms with E-state index in [-0.39, 0.29) is 17.2 Å². The molecule has 0 fully saturated rings. The third-order valence-corrected chi connectivity index (χ3v) is 3.50. The Balaban J connectivity index is 2.90. The van der Waals surface area contributed by atoms with E-state index in [9.17, 15) is 13.2 Å². The fourth-order valence-electron chi connectivity index (χ4n) is 1.63. The molecule has 20 heavy (non-hydrogen) atoms. The van der Waals surface area contributed by atoms with E-state index in [4.69, 9.17) is 14.6 Å². The summed E-state index contributed by atoms with van der Waals surface area (Å²) < 4.78 is 34.4. The number of nitrogens with two attached hydrogens (primary N) is 1. The number of hydrogen-bond acceptors (Lipinski definition) is 5. The highest BCUT2D eigenvalue weighted by Gasteiger charge is 2.21. The maximum Gasteiger partial charge on any atom is 0.355 e. The second kappa shape index (κ2) is 6.87. The molecule has 1 aromatic heterocycles. The van der Waals surface area contributed by atoms with Gasteiger partial charge in [0.15, 0.2) is 0 Å². The van der Waals surface area contributed by atoms with Crippen molar-refractivity contribution in [3.8, 4) is 0 Å². The molecule has 0 aliphatic heterocycles. The Labute approximate surface area is 118 Å². The van der Waals surface area contributed by atoms with Crippen LogP contribution in [0, 0.1) is 0 Å². The minimum Gasteiger partial charge on any atom is -0.456 e. The van der Waals surface area contributed by atoms with Gasteiger partial charge in [-0.2, -0.15) is 0 Å². The number of hydrogen-bond donors (Lipinski definition) is 1. The number of sulfonamides is 1. The summed E-state index contributed by atoms with van der Waals surface area (Å²) in [6.07, 6.45) is 0.902. The minimum absolute atomic E-state index is 0.108. The van der Waals surface area contributed by atoms with E-state index in [1.54, 1.807) is 13.8 Å². The molecule has 0 saturated heterocycles. The molecule has 7 nitrogen and oxygen atoms in total. The number of ether oxygens (including phenoxy) is 2. The van der Waals surface area contributed by atoms with E-state index in [2.05, 4.69) is 0 Å². The predicted molar refractivity (Wildman–Crippen MR) is 72.8 cm³/mol. The Morgan fingerprint density at radius 2 is 2.10 bits per heavy atom. The smallest absolute Gasteiger partial charge is 0.355 e. The summed E-state index contributed by atoms with van der Waals surface area (Å²) in [7, 11) is -3.84. The first-order valence-corrected chi connectivity index (χ1v) is 7.85. The largest absolute Gasteiger partial charge is 0.456 e. The highest BCUT2D eigenvalue weighted by molar-refractivity contribution is 7.89. The molecule has 0 spiro atoms. The van der Waals surface area contributed by atoms with E-state index in [0.717, 1.165) is 0 Å². The van der Waals surface area contributed by atoms with Gasteiger partial charge in [-0.3, -0.25) is 0 Å². The maximum absolute atomic E-state index is 12.0. The van der Waals surface area contributed by atoms with Gasteiger partial charge in [0.2, 0.25) is 10.0 Å². The van der Waals surface area contributed by atoms with Crippen molar-refractivity contribution >= 4 is 16.0 Å². The molecular formula is C12H20N2O5S. The van der Waals surface area contributed by atoms with Gasteiger partial charge in [-0.15, -0.1) is 0 Å². The zero-order valence-electron chi connectivity index (χ0n) is 11.8. The molecule has 8 heteroatoms. The summed E-state index contributed by atoms with van der Waals surface area (Å²) in [6, 6.07) is 1.22. The average molecular weight is 304 g/mol. The van der Waals surface area contributed by atoms with Crippen LogP contribution in [0.15, 0.2) is 17.2 Å². The van der Waals surface area contributed by atoms with Gasteiger partial charge in [-0.05, 0) is 26.8 Å². The van der Waals surface area contributed by atoms with Crippen LogP contribution in [0.3, 0.4) is 0 Å². The lowest BCUT2D eigenvalue weighted by atomic mass is 10.4. The van der Waals surface area contributed by atoms with Crippen molar-refractivity contribution in [2.75, 3.05) is 13.2 Å². The quantitative estimate of drug-likeness (QED) is 0.749. The first kappa shape index (κ1) is 16.7. The minimum atomic E-state index is -3.84. The second-order valence-corrected chi connectivity index (χ2v) is 5.83. The highest BCUT2D eigenvalue weighted by atomic mass is 32.2. The molecule has 0 bridgehead atoms. The van der Waals surface area contributed by atoms with Crippen LogP contribution >= 0.6 is 0 Å². The lowest BCUT2D eigenvalue weighted by Crippen LogP contribution is -2.22. The Hall–Kier alpha value is -1.38. The van der Waals surface area contributed by atoms with Gasteiger partial charge in [0.25, 0.3) is 0 Å². The van der Waals surface area contributed by atoms with Crippen molar-refractivity contribution in [2.24, 2.45) is 5.14 Å². The number of carbonyl (C=O) groups is 1. The van der Waals surface area contributed by atoms with E-state index in [1.165, 1.54) is 16.8 Å². The molecule has 114 valence electrons. The number of aryl methyl sites for hydroxylation is 1. The van der Waals surface area contributed by atoms with Gasteiger partial charge in [-0.25, -0.2) is 18.4 Å². The van der Waals surface area contributed by atoms with Crippen molar-refractivity contribution in [2.45, 2.75) is 38.3 Å². The number of primary sulfonamides is 1. The first-order valence-electron chi connectivity index (χ1n) is 6.31. The number of rotatable bonds is 7. The topological polar surface area (TPSA) is 101 Å². The Morgan fingerprint density at radius 3 is 2.60 bits per heavy atom. The predicted octanol–water partition coefficient (Wildman–Crippen LogP) is 0.737. The van der Waals surface area contributed by atoms with Crippen LogP contribution in [0.5, 0.6) is 0 Å². The second-order valence-electron chi connectivity index (χ2n) is 4.27. The fourth-order valence-corrected chi connectivity index (χ4v) is 2.18. The van der Waals surface area contributed by atoms with Crippen molar-refractivity contribution in [1.82, 2.24) is 4.57 Å². The normalized spacial score (nSPS) is 13.2. The molecule has 1 rings (SSSR count). The SMILES string of the molecule is CCOCC(C)OC(=O)c1cc(S(N)(=O)=O)cn1CC. The molecular weight excluding hydrogens is 284 g/mol. The molecule has 2 N–H and O–H groups in total. The highest BCUT2D eigenvalue weighted by Crippen LogP contribution is 2.15. The average Bonchev–Trinajstić information content (AvgIpc) is 2.80. The number of esters is 1. The lowest BCUT2D eigenvalue weighted by Gasteiger charge is -2.13. The summed E-state index contributed by atoms with van der Waals surface area (Å²) in [5.74, 6) is -0.603. The van der Waals surface area contributed by atoms with Gasteiger partial charge >= 0.3 is 5.97 Å². The van der Waals surface area contributed by atoms with Crippen LogP contribution < -0.4 is 5.14 Å². The van der Waals surface area contributed by atoms with Crippen LogP contribution in [-0.4, -0.2) is 38.3 Å². The van der Waals surface area contributed by atoms with E-state index >= 15 is 0 Å². The van der Waals surface area contributed by atoms with Crippen molar-refractivity contribution in [3.05, 3.63) is 18.0 Å². The Bertz CT molecular complexity index is 564. The summed E-state index contributed by atoms with van der Waals surface area (Å²) in [4.78, 5) is 11.9. The number of carbonyl (C=O) groups excluding carboxylic acids is 1. The molecule has 1 aromatic rings. The van der Waals surface area contributed by atoms with Gasteiger partial charge in [0.1, 0.15) is 16.7 Å². The molecule has 1 heterocycles. The molecule has 1 atom stereocenters.